The van der Waals surface area contributed by atoms with E-state index < -0.39 is 11.3 Å². The summed E-state index contributed by atoms with van der Waals surface area (Å²) in [5, 5.41) is 7.95. The molecule has 2 rings (SSSR count). The first-order chi connectivity index (χ1) is 8.20. The van der Waals surface area contributed by atoms with Crippen molar-refractivity contribution in [3.63, 3.8) is 0 Å². The third kappa shape index (κ3) is 2.48. The first-order valence-electron chi connectivity index (χ1n) is 5.21. The second kappa shape index (κ2) is 5.02. The highest BCUT2D eigenvalue weighted by Crippen LogP contribution is 2.31. The zero-order valence-electron chi connectivity index (χ0n) is 9.01. The van der Waals surface area contributed by atoms with Crippen LogP contribution in [0.5, 0.6) is 0 Å². The number of carbonyl (C=O) groups is 1. The lowest BCUT2D eigenvalue weighted by Crippen LogP contribution is -2.06. The molecule has 2 aromatic rings. The molecule has 2 aromatic carbocycles. The van der Waals surface area contributed by atoms with Gasteiger partial charge in [-0.1, -0.05) is 54.6 Å². The number of aliphatic carboxylic acids is 1. The van der Waals surface area contributed by atoms with Crippen molar-refractivity contribution in [3.8, 4) is 11.1 Å². The molecule has 0 aromatic heterocycles. The molecule has 17 heavy (non-hydrogen) atoms. The molecule has 0 aliphatic rings. The van der Waals surface area contributed by atoms with E-state index in [1.807, 2.05) is 42.5 Å². The molecule has 1 unspecified atom stereocenters. The molecular formula is C14H11ClO2. The number of hydrogen-bond donors (Lipinski definition) is 1. The van der Waals surface area contributed by atoms with Gasteiger partial charge in [0, 0.05) is 0 Å². The molecule has 3 heteroatoms. The van der Waals surface area contributed by atoms with Gasteiger partial charge in [0.1, 0.15) is 0 Å². The fourth-order valence-corrected chi connectivity index (χ4v) is 1.92. The standard InChI is InChI=1S/C14H11ClO2/c15-13(14(16)17)12-9-5-4-8-11(12)10-6-2-1-3-7-10/h1-9,13H,(H,16,17). The molecule has 0 radical (unpaired) electrons. The van der Waals surface area contributed by atoms with Crippen LogP contribution in [-0.2, 0) is 4.79 Å². The number of carboxylic acid groups (broad SMARTS) is 1. The van der Waals surface area contributed by atoms with Gasteiger partial charge in [-0.25, -0.2) is 0 Å². The van der Waals surface area contributed by atoms with Crippen LogP contribution < -0.4 is 0 Å². The molecule has 0 bridgehead atoms. The Balaban J connectivity index is 2.52. The quantitative estimate of drug-likeness (QED) is 0.838. The van der Waals surface area contributed by atoms with Gasteiger partial charge in [-0.2, -0.15) is 0 Å². The van der Waals surface area contributed by atoms with Gasteiger partial charge < -0.3 is 5.11 Å². The first kappa shape index (κ1) is 11.7. The summed E-state index contributed by atoms with van der Waals surface area (Å²) in [4.78, 5) is 11.0. The Morgan fingerprint density at radius 3 is 2.24 bits per heavy atom. The molecular weight excluding hydrogens is 236 g/mol. The van der Waals surface area contributed by atoms with Crippen LogP contribution in [0.1, 0.15) is 10.9 Å². The molecule has 0 fully saturated rings. The summed E-state index contributed by atoms with van der Waals surface area (Å²) in [5.74, 6) is -1.03. The number of halogens is 1. The van der Waals surface area contributed by atoms with Gasteiger partial charge in [-0.15, -0.1) is 11.6 Å². The number of hydrogen-bond acceptors (Lipinski definition) is 1. The Kier molecular flexibility index (Phi) is 3.45. The lowest BCUT2D eigenvalue weighted by molar-refractivity contribution is -0.136. The van der Waals surface area contributed by atoms with E-state index in [2.05, 4.69) is 0 Å². The van der Waals surface area contributed by atoms with Crippen LogP contribution in [0.25, 0.3) is 11.1 Å². The van der Waals surface area contributed by atoms with Gasteiger partial charge in [0.05, 0.1) is 0 Å². The molecule has 0 amide bonds. The van der Waals surface area contributed by atoms with Gasteiger partial charge in [0.25, 0.3) is 0 Å². The predicted molar refractivity (Wildman–Crippen MR) is 68.1 cm³/mol. The summed E-state index contributed by atoms with van der Waals surface area (Å²) < 4.78 is 0. The van der Waals surface area contributed by atoms with Crippen LogP contribution in [-0.4, -0.2) is 11.1 Å². The van der Waals surface area contributed by atoms with Crippen molar-refractivity contribution in [3.05, 3.63) is 60.2 Å². The summed E-state index contributed by atoms with van der Waals surface area (Å²) in [6, 6.07) is 16.9. The molecule has 86 valence electrons. The largest absolute Gasteiger partial charge is 0.480 e. The Hall–Kier alpha value is -1.80. The molecule has 0 aliphatic carbocycles. The SMILES string of the molecule is O=C(O)C(Cl)c1ccccc1-c1ccccc1. The smallest absolute Gasteiger partial charge is 0.326 e. The summed E-state index contributed by atoms with van der Waals surface area (Å²) in [6.07, 6.45) is 0. The van der Waals surface area contributed by atoms with Crippen LogP contribution in [0, 0.1) is 0 Å². The van der Waals surface area contributed by atoms with E-state index >= 15 is 0 Å². The van der Waals surface area contributed by atoms with E-state index in [1.54, 1.807) is 12.1 Å². The summed E-state index contributed by atoms with van der Waals surface area (Å²) >= 11 is 5.90. The highest BCUT2D eigenvalue weighted by atomic mass is 35.5. The van der Waals surface area contributed by atoms with Crippen LogP contribution in [0.15, 0.2) is 54.6 Å². The minimum absolute atomic E-state index is 0.618. The van der Waals surface area contributed by atoms with Crippen molar-refractivity contribution in [1.82, 2.24) is 0 Å². The molecule has 0 spiro atoms. The Bertz CT molecular complexity index is 523. The maximum atomic E-state index is 11.0. The summed E-state index contributed by atoms with van der Waals surface area (Å²) in [5.41, 5.74) is 2.44. The van der Waals surface area contributed by atoms with Crippen LogP contribution in [0.3, 0.4) is 0 Å². The molecule has 0 saturated heterocycles. The van der Waals surface area contributed by atoms with E-state index in [0.717, 1.165) is 11.1 Å². The lowest BCUT2D eigenvalue weighted by Gasteiger charge is -2.11. The van der Waals surface area contributed by atoms with Crippen molar-refractivity contribution >= 4 is 17.6 Å². The normalized spacial score (nSPS) is 12.1. The van der Waals surface area contributed by atoms with Crippen molar-refractivity contribution in [1.29, 1.82) is 0 Å². The van der Waals surface area contributed by atoms with Crippen molar-refractivity contribution in [2.24, 2.45) is 0 Å². The molecule has 0 heterocycles. The van der Waals surface area contributed by atoms with Crippen LogP contribution >= 0.6 is 11.6 Å². The number of alkyl halides is 1. The molecule has 0 aliphatic heterocycles. The lowest BCUT2D eigenvalue weighted by atomic mass is 9.97. The van der Waals surface area contributed by atoms with E-state index in [-0.39, 0.29) is 0 Å². The number of benzene rings is 2. The second-order valence-corrected chi connectivity index (χ2v) is 4.09. The Labute approximate surface area is 104 Å². The van der Waals surface area contributed by atoms with E-state index in [0.29, 0.717) is 5.56 Å². The highest BCUT2D eigenvalue weighted by Gasteiger charge is 2.19. The van der Waals surface area contributed by atoms with Crippen molar-refractivity contribution in [2.45, 2.75) is 5.38 Å². The first-order valence-corrected chi connectivity index (χ1v) is 5.65. The van der Waals surface area contributed by atoms with Crippen LogP contribution in [0.2, 0.25) is 0 Å². The molecule has 1 atom stereocenters. The molecule has 0 saturated carbocycles. The zero-order chi connectivity index (χ0) is 12.3. The summed E-state index contributed by atoms with van der Waals surface area (Å²) in [7, 11) is 0. The fourth-order valence-electron chi connectivity index (χ4n) is 1.73. The van der Waals surface area contributed by atoms with Gasteiger partial charge in [-0.05, 0) is 16.7 Å². The highest BCUT2D eigenvalue weighted by molar-refractivity contribution is 6.30. The average molecular weight is 247 g/mol. The van der Waals surface area contributed by atoms with E-state index in [4.69, 9.17) is 16.7 Å². The number of carboxylic acids is 1. The minimum atomic E-state index is -1.03. The van der Waals surface area contributed by atoms with Gasteiger partial charge in [-0.3, -0.25) is 4.79 Å². The Morgan fingerprint density at radius 2 is 1.59 bits per heavy atom. The van der Waals surface area contributed by atoms with Gasteiger partial charge in [0.15, 0.2) is 5.38 Å². The maximum absolute atomic E-state index is 11.0. The minimum Gasteiger partial charge on any atom is -0.480 e. The second-order valence-electron chi connectivity index (χ2n) is 3.65. The Morgan fingerprint density at radius 1 is 1.00 bits per heavy atom. The van der Waals surface area contributed by atoms with Crippen LogP contribution in [0.4, 0.5) is 0 Å². The van der Waals surface area contributed by atoms with Gasteiger partial charge >= 0.3 is 5.97 Å². The zero-order valence-corrected chi connectivity index (χ0v) is 9.76. The van der Waals surface area contributed by atoms with Crippen molar-refractivity contribution in [2.75, 3.05) is 0 Å². The fraction of sp³-hybridized carbons (Fsp3) is 0.0714. The topological polar surface area (TPSA) is 37.3 Å². The van der Waals surface area contributed by atoms with Crippen molar-refractivity contribution < 1.29 is 9.90 Å². The van der Waals surface area contributed by atoms with E-state index in [1.165, 1.54) is 0 Å². The third-order valence-corrected chi connectivity index (χ3v) is 2.96. The van der Waals surface area contributed by atoms with E-state index in [9.17, 15) is 4.79 Å². The summed E-state index contributed by atoms with van der Waals surface area (Å²) in [6.45, 7) is 0. The predicted octanol–water partition coefficient (Wildman–Crippen LogP) is 3.72. The molecule has 1 N–H and O–H groups in total. The maximum Gasteiger partial charge on any atom is 0.326 e. The van der Waals surface area contributed by atoms with Gasteiger partial charge in [0.2, 0.25) is 0 Å². The number of rotatable bonds is 3. The third-order valence-electron chi connectivity index (χ3n) is 2.54. The monoisotopic (exact) mass is 246 g/mol. The average Bonchev–Trinajstić information content (AvgIpc) is 2.39. The molecule has 2 nitrogen and oxygen atoms in total.